The molecular weight excluding hydrogens is 410 g/mol. The number of hydrogen-bond donors (Lipinski definition) is 0. The monoisotopic (exact) mass is 429 g/mol. The van der Waals surface area contributed by atoms with E-state index in [-0.39, 0.29) is 17.2 Å². The van der Waals surface area contributed by atoms with Gasteiger partial charge in [0, 0.05) is 41.1 Å². The number of Topliss-reactive ketones (excluding diaryl/α,β-unsaturated/α-hetero) is 1. The second-order valence-corrected chi connectivity index (χ2v) is 7.16. The molecule has 0 fully saturated rings. The predicted molar refractivity (Wildman–Crippen MR) is 121 cm³/mol. The van der Waals surface area contributed by atoms with Gasteiger partial charge >= 0.3 is 5.97 Å². The minimum atomic E-state index is -0.592. The van der Waals surface area contributed by atoms with E-state index in [1.54, 1.807) is 43.3 Å². The van der Waals surface area contributed by atoms with Crippen LogP contribution in [0.5, 0.6) is 0 Å². The lowest BCUT2D eigenvalue weighted by atomic mass is 10.0. The number of nitrogens with zero attached hydrogens (tertiary/aromatic N) is 3. The Morgan fingerprint density at radius 3 is 2.34 bits per heavy atom. The van der Waals surface area contributed by atoms with Crippen LogP contribution in [0.2, 0.25) is 0 Å². The Balaban J connectivity index is 1.80. The summed E-state index contributed by atoms with van der Waals surface area (Å²) in [6.07, 6.45) is 0.319. The summed E-state index contributed by atoms with van der Waals surface area (Å²) >= 11 is 0. The first-order valence-corrected chi connectivity index (χ1v) is 9.98. The lowest BCUT2D eigenvalue weighted by Crippen LogP contribution is -2.14. The molecule has 0 radical (unpaired) electrons. The number of nitro groups is 1. The number of rotatable bonds is 6. The molecule has 8 nitrogen and oxygen atoms in total. The highest BCUT2D eigenvalue weighted by atomic mass is 16.7. The van der Waals surface area contributed by atoms with Crippen molar-refractivity contribution in [2.24, 2.45) is 5.16 Å². The molecule has 0 aliphatic rings. The number of carbonyl (C=O) groups excluding carboxylic acids is 2. The first kappa shape index (κ1) is 20.9. The Morgan fingerprint density at radius 2 is 1.69 bits per heavy atom. The zero-order valence-corrected chi connectivity index (χ0v) is 17.4. The number of ketones is 1. The number of hydrogen-bond acceptors (Lipinski definition) is 6. The SMILES string of the molecule is CCC(=NOC(C)=O)C(=O)c1ccc(-n2c3ccccc3c3cc([N+](=O)[O-])ccc32)cc1. The molecule has 0 bridgehead atoms. The third-order valence-electron chi connectivity index (χ3n) is 5.14. The average Bonchev–Trinajstić information content (AvgIpc) is 3.13. The summed E-state index contributed by atoms with van der Waals surface area (Å²) in [7, 11) is 0. The minimum Gasteiger partial charge on any atom is -0.318 e. The van der Waals surface area contributed by atoms with Crippen molar-refractivity contribution in [1.82, 2.24) is 4.57 Å². The van der Waals surface area contributed by atoms with E-state index >= 15 is 0 Å². The Bertz CT molecular complexity index is 1400. The number of fused-ring (bicyclic) bond motifs is 3. The van der Waals surface area contributed by atoms with Crippen LogP contribution in [0.25, 0.3) is 27.5 Å². The second kappa shape index (κ2) is 8.43. The molecular formula is C24H19N3O5. The van der Waals surface area contributed by atoms with Gasteiger partial charge in [0.25, 0.3) is 5.69 Å². The Hall–Kier alpha value is -4.33. The topological polar surface area (TPSA) is 104 Å². The highest BCUT2D eigenvalue weighted by Gasteiger charge is 2.17. The van der Waals surface area contributed by atoms with Crippen LogP contribution in [-0.4, -0.2) is 27.0 Å². The molecule has 0 spiro atoms. The Morgan fingerprint density at radius 1 is 1.00 bits per heavy atom. The van der Waals surface area contributed by atoms with Gasteiger partial charge in [-0.1, -0.05) is 30.3 Å². The lowest BCUT2D eigenvalue weighted by Gasteiger charge is -2.09. The maximum Gasteiger partial charge on any atom is 0.331 e. The molecule has 4 rings (SSSR count). The number of carbonyl (C=O) groups is 2. The second-order valence-electron chi connectivity index (χ2n) is 7.16. The third-order valence-corrected chi connectivity index (χ3v) is 5.14. The largest absolute Gasteiger partial charge is 0.331 e. The summed E-state index contributed by atoms with van der Waals surface area (Å²) in [4.78, 5) is 39.2. The molecule has 0 unspecified atom stereocenters. The molecule has 0 aliphatic carbocycles. The molecule has 32 heavy (non-hydrogen) atoms. The van der Waals surface area contributed by atoms with Crippen molar-refractivity contribution >= 4 is 45.0 Å². The first-order chi connectivity index (χ1) is 15.4. The minimum absolute atomic E-state index is 0.0282. The molecule has 0 N–H and O–H groups in total. The van der Waals surface area contributed by atoms with Crippen molar-refractivity contribution in [2.45, 2.75) is 20.3 Å². The van der Waals surface area contributed by atoms with Gasteiger partial charge in [-0.3, -0.25) is 14.9 Å². The number of non-ortho nitro benzene ring substituents is 1. The van der Waals surface area contributed by atoms with Gasteiger partial charge < -0.3 is 9.40 Å². The quantitative estimate of drug-likeness (QED) is 0.138. The van der Waals surface area contributed by atoms with E-state index in [1.165, 1.54) is 13.0 Å². The van der Waals surface area contributed by atoms with Gasteiger partial charge in [-0.05, 0) is 42.8 Å². The summed E-state index contributed by atoms with van der Waals surface area (Å²) in [5.41, 5.74) is 3.11. The van der Waals surface area contributed by atoms with Gasteiger partial charge in [-0.25, -0.2) is 4.79 Å². The molecule has 1 aromatic heterocycles. The molecule has 0 saturated heterocycles. The smallest absolute Gasteiger partial charge is 0.318 e. The fraction of sp³-hybridized carbons (Fsp3) is 0.125. The van der Waals surface area contributed by atoms with Gasteiger partial charge in [0.1, 0.15) is 5.71 Å². The van der Waals surface area contributed by atoms with Crippen LogP contribution in [0.15, 0.2) is 71.9 Å². The zero-order chi connectivity index (χ0) is 22.8. The zero-order valence-electron chi connectivity index (χ0n) is 17.4. The molecule has 3 aromatic carbocycles. The van der Waals surface area contributed by atoms with Crippen molar-refractivity contribution in [2.75, 3.05) is 0 Å². The van der Waals surface area contributed by atoms with Crippen molar-refractivity contribution in [3.05, 3.63) is 82.4 Å². The number of nitro benzene ring substituents is 1. The third kappa shape index (κ3) is 3.74. The molecule has 4 aromatic rings. The van der Waals surface area contributed by atoms with Crippen LogP contribution >= 0.6 is 0 Å². The van der Waals surface area contributed by atoms with Crippen molar-refractivity contribution in [1.29, 1.82) is 0 Å². The molecule has 0 saturated carbocycles. The Labute approximate surface area is 182 Å². The van der Waals surface area contributed by atoms with Gasteiger partial charge in [-0.2, -0.15) is 0 Å². The summed E-state index contributed by atoms with van der Waals surface area (Å²) in [5.74, 6) is -0.913. The van der Waals surface area contributed by atoms with Crippen molar-refractivity contribution in [3.8, 4) is 5.69 Å². The predicted octanol–water partition coefficient (Wildman–Crippen LogP) is 5.20. The summed E-state index contributed by atoms with van der Waals surface area (Å²) < 4.78 is 2.00. The number of para-hydroxylation sites is 1. The van der Waals surface area contributed by atoms with Crippen LogP contribution in [0.1, 0.15) is 30.6 Å². The van der Waals surface area contributed by atoms with Crippen molar-refractivity contribution < 1.29 is 19.3 Å². The molecule has 8 heteroatoms. The maximum atomic E-state index is 12.7. The number of benzene rings is 3. The molecule has 0 aliphatic heterocycles. The van der Waals surface area contributed by atoms with Crippen LogP contribution in [0, 0.1) is 10.1 Å². The average molecular weight is 429 g/mol. The molecule has 160 valence electrons. The van der Waals surface area contributed by atoms with Gasteiger partial charge in [0.15, 0.2) is 0 Å². The molecule has 0 atom stereocenters. The fourth-order valence-electron chi connectivity index (χ4n) is 3.67. The Kier molecular flexibility index (Phi) is 5.51. The van der Waals surface area contributed by atoms with E-state index in [2.05, 4.69) is 9.99 Å². The van der Waals surface area contributed by atoms with E-state index in [1.807, 2.05) is 28.8 Å². The maximum absolute atomic E-state index is 12.7. The summed E-state index contributed by atoms with van der Waals surface area (Å²) in [6, 6.07) is 19.4. The van der Waals surface area contributed by atoms with E-state index in [0.717, 1.165) is 27.5 Å². The fourth-order valence-corrected chi connectivity index (χ4v) is 3.67. The molecule has 1 heterocycles. The van der Waals surface area contributed by atoms with Crippen LogP contribution < -0.4 is 0 Å². The highest BCUT2D eigenvalue weighted by Crippen LogP contribution is 2.34. The van der Waals surface area contributed by atoms with E-state index in [4.69, 9.17) is 0 Å². The highest BCUT2D eigenvalue weighted by molar-refractivity contribution is 6.45. The van der Waals surface area contributed by atoms with E-state index in [0.29, 0.717) is 12.0 Å². The normalized spacial score (nSPS) is 11.6. The van der Waals surface area contributed by atoms with Crippen LogP contribution in [0.3, 0.4) is 0 Å². The van der Waals surface area contributed by atoms with Gasteiger partial charge in [0.2, 0.25) is 5.78 Å². The van der Waals surface area contributed by atoms with Crippen LogP contribution in [0.4, 0.5) is 5.69 Å². The van der Waals surface area contributed by atoms with Gasteiger partial charge in [-0.15, -0.1) is 0 Å². The molecule has 0 amide bonds. The number of oxime groups is 1. The lowest BCUT2D eigenvalue weighted by molar-refractivity contribution is -0.384. The van der Waals surface area contributed by atoms with E-state index in [9.17, 15) is 19.7 Å². The summed E-state index contributed by atoms with van der Waals surface area (Å²) in [6.45, 7) is 2.97. The standard InChI is InChI=1S/C24H19N3O5/c1-3-21(25-32-15(2)28)24(29)16-8-10-17(11-9-16)26-22-7-5-4-6-19(22)20-14-18(27(30)31)12-13-23(20)26/h4-14H,3H2,1-2H3. The van der Waals surface area contributed by atoms with E-state index < -0.39 is 10.9 Å². The van der Waals surface area contributed by atoms with Crippen LogP contribution in [-0.2, 0) is 9.63 Å². The summed E-state index contributed by atoms with van der Waals surface area (Å²) in [5, 5.41) is 16.6. The number of aromatic nitrogens is 1. The van der Waals surface area contributed by atoms with Gasteiger partial charge in [0.05, 0.1) is 16.0 Å². The first-order valence-electron chi connectivity index (χ1n) is 9.98. The van der Waals surface area contributed by atoms with Crippen molar-refractivity contribution in [3.63, 3.8) is 0 Å².